The molecule has 0 atom stereocenters. The van der Waals surface area contributed by atoms with Crippen molar-refractivity contribution in [2.75, 3.05) is 10.9 Å². The summed E-state index contributed by atoms with van der Waals surface area (Å²) in [6.45, 7) is 0. The molecule has 0 unspecified atom stereocenters. The first kappa shape index (κ1) is 23.6. The topological polar surface area (TPSA) is 150 Å². The SMILES string of the molecule is c1ccc2c(c1)N=C(/C(=C(/C1=Nc3ccccc3NN1)c1nnc3ccccc3n1)c1nnc3ccccc3n1)NN2. The van der Waals surface area contributed by atoms with Gasteiger partial charge in [0.05, 0.1) is 44.9 Å². The molecule has 4 aromatic carbocycles. The average Bonchev–Trinajstić information content (AvgIpc) is 3.06. The summed E-state index contributed by atoms with van der Waals surface area (Å²) < 4.78 is 0. The van der Waals surface area contributed by atoms with Gasteiger partial charge in [0.1, 0.15) is 11.0 Å². The molecule has 0 radical (unpaired) electrons. The van der Waals surface area contributed by atoms with E-state index in [1.54, 1.807) is 0 Å². The van der Waals surface area contributed by atoms with E-state index in [0.29, 0.717) is 56.5 Å². The van der Waals surface area contributed by atoms with E-state index in [-0.39, 0.29) is 0 Å². The quantitative estimate of drug-likeness (QED) is 0.246. The van der Waals surface area contributed by atoms with Crippen molar-refractivity contribution in [2.45, 2.75) is 0 Å². The Labute approximate surface area is 238 Å². The van der Waals surface area contributed by atoms with E-state index in [2.05, 4.69) is 42.1 Å². The number of aromatic nitrogens is 6. The van der Waals surface area contributed by atoms with Crippen molar-refractivity contribution in [3.63, 3.8) is 0 Å². The van der Waals surface area contributed by atoms with Crippen LogP contribution in [0.1, 0.15) is 11.6 Å². The molecule has 4 N–H and O–H groups in total. The molecule has 4 heterocycles. The van der Waals surface area contributed by atoms with E-state index in [0.717, 1.165) is 22.7 Å². The number of amidine groups is 2. The predicted molar refractivity (Wildman–Crippen MR) is 162 cm³/mol. The Morgan fingerprint density at radius 3 is 1.29 bits per heavy atom. The molecule has 6 aromatic rings. The number of para-hydroxylation sites is 6. The minimum Gasteiger partial charge on any atom is -0.297 e. The van der Waals surface area contributed by atoms with Crippen LogP contribution in [0.4, 0.5) is 22.7 Å². The lowest BCUT2D eigenvalue weighted by Gasteiger charge is -2.25. The van der Waals surface area contributed by atoms with Crippen LogP contribution < -0.4 is 21.7 Å². The van der Waals surface area contributed by atoms with Gasteiger partial charge in [-0.1, -0.05) is 48.5 Å². The molecule has 0 spiro atoms. The number of fused-ring (bicyclic) bond motifs is 4. The molecule has 0 bridgehead atoms. The smallest absolute Gasteiger partial charge is 0.187 e. The Balaban J connectivity index is 1.46. The Kier molecular flexibility index (Phi) is 5.45. The van der Waals surface area contributed by atoms with Crippen LogP contribution in [0.2, 0.25) is 0 Å². The summed E-state index contributed by atoms with van der Waals surface area (Å²) in [5, 5.41) is 18.0. The number of hydrogen-bond acceptors (Lipinski definition) is 12. The molecule has 2 aliphatic rings. The van der Waals surface area contributed by atoms with Gasteiger partial charge < -0.3 is 0 Å². The van der Waals surface area contributed by atoms with Crippen molar-refractivity contribution < 1.29 is 0 Å². The molecule has 12 heteroatoms. The highest BCUT2D eigenvalue weighted by Crippen LogP contribution is 2.34. The minimum atomic E-state index is 0.302. The molecule has 2 aliphatic heterocycles. The second-order valence-corrected chi connectivity index (χ2v) is 9.45. The van der Waals surface area contributed by atoms with Gasteiger partial charge in [0.25, 0.3) is 0 Å². The summed E-state index contributed by atoms with van der Waals surface area (Å²) in [7, 11) is 0. The van der Waals surface area contributed by atoms with E-state index in [4.69, 9.17) is 20.0 Å². The van der Waals surface area contributed by atoms with Crippen molar-refractivity contribution in [1.82, 2.24) is 41.2 Å². The molecule has 0 saturated heterocycles. The van der Waals surface area contributed by atoms with Crippen molar-refractivity contribution in [3.8, 4) is 0 Å². The second-order valence-electron chi connectivity index (χ2n) is 9.45. The van der Waals surface area contributed by atoms with Crippen molar-refractivity contribution in [1.29, 1.82) is 0 Å². The van der Waals surface area contributed by atoms with Crippen LogP contribution in [0.25, 0.3) is 33.2 Å². The fourth-order valence-electron chi connectivity index (χ4n) is 4.79. The van der Waals surface area contributed by atoms with Gasteiger partial charge >= 0.3 is 0 Å². The maximum absolute atomic E-state index is 4.95. The summed E-state index contributed by atoms with van der Waals surface area (Å²) in [6, 6.07) is 30.5. The van der Waals surface area contributed by atoms with E-state index < -0.39 is 0 Å². The number of nitrogens with one attached hydrogen (secondary N) is 4. The molecule has 0 amide bonds. The van der Waals surface area contributed by atoms with Gasteiger partial charge in [-0.3, -0.25) is 21.7 Å². The summed E-state index contributed by atoms with van der Waals surface area (Å²) >= 11 is 0. The average molecular weight is 549 g/mol. The van der Waals surface area contributed by atoms with Gasteiger partial charge in [-0.25, -0.2) is 20.0 Å². The molecule has 0 saturated carbocycles. The predicted octanol–water partition coefficient (Wildman–Crippen LogP) is 4.59. The molecule has 12 nitrogen and oxygen atoms in total. The van der Waals surface area contributed by atoms with Gasteiger partial charge in [-0.2, -0.15) is 0 Å². The van der Waals surface area contributed by atoms with Crippen LogP contribution >= 0.6 is 0 Å². The van der Waals surface area contributed by atoms with Crippen molar-refractivity contribution in [3.05, 3.63) is 109 Å². The normalized spacial score (nSPS) is 14.2. The lowest BCUT2D eigenvalue weighted by molar-refractivity contribution is 0.978. The number of anilines is 2. The maximum atomic E-state index is 4.95. The van der Waals surface area contributed by atoms with Crippen LogP contribution in [0.3, 0.4) is 0 Å². The van der Waals surface area contributed by atoms with Gasteiger partial charge in [0.2, 0.25) is 0 Å². The molecular formula is C30H20N12. The molecule has 8 rings (SSSR count). The van der Waals surface area contributed by atoms with Crippen LogP contribution in [-0.2, 0) is 0 Å². The Hall–Kier alpha value is -6.30. The van der Waals surface area contributed by atoms with Crippen LogP contribution in [0.15, 0.2) is 107 Å². The van der Waals surface area contributed by atoms with E-state index in [9.17, 15) is 0 Å². The van der Waals surface area contributed by atoms with Crippen LogP contribution in [-0.4, -0.2) is 42.0 Å². The molecule has 200 valence electrons. The van der Waals surface area contributed by atoms with Gasteiger partial charge in [-0.15, -0.1) is 20.4 Å². The third-order valence-corrected chi connectivity index (χ3v) is 6.80. The van der Waals surface area contributed by atoms with Gasteiger partial charge in [0.15, 0.2) is 23.3 Å². The molecule has 0 fully saturated rings. The Morgan fingerprint density at radius 1 is 0.405 bits per heavy atom. The first-order valence-electron chi connectivity index (χ1n) is 13.1. The largest absolute Gasteiger partial charge is 0.297 e. The van der Waals surface area contributed by atoms with E-state index >= 15 is 0 Å². The highest BCUT2D eigenvalue weighted by atomic mass is 15.4. The zero-order valence-corrected chi connectivity index (χ0v) is 21.8. The first-order chi connectivity index (χ1) is 20.8. The summed E-state index contributed by atoms with van der Waals surface area (Å²) in [5.74, 6) is 1.47. The van der Waals surface area contributed by atoms with E-state index in [1.807, 2.05) is 97.1 Å². The zero-order valence-electron chi connectivity index (χ0n) is 21.8. The molecule has 0 aliphatic carbocycles. The van der Waals surface area contributed by atoms with Crippen molar-refractivity contribution in [2.24, 2.45) is 9.98 Å². The highest BCUT2D eigenvalue weighted by molar-refractivity contribution is 6.42. The fraction of sp³-hybridized carbons (Fsp3) is 0. The monoisotopic (exact) mass is 548 g/mol. The standard InChI is InChI=1S/C30H20N12/c1-5-13-21-17(9-1)31-27(39-35-21)25(28-32-18-10-2-6-14-22(18)36-40-28)26(29-33-19-11-3-7-15-23(19)37-41-29)30-34-20-12-4-8-16-24(20)38-42-30/h1-16,35,37H,(H,31,39)(H,33,41)/b26-25+. The van der Waals surface area contributed by atoms with E-state index in [1.165, 1.54) is 0 Å². The minimum absolute atomic E-state index is 0.302. The molecular weight excluding hydrogens is 528 g/mol. The summed E-state index contributed by atoms with van der Waals surface area (Å²) in [4.78, 5) is 19.7. The second kappa shape index (κ2) is 9.71. The Bertz CT molecular complexity index is 1970. The summed E-state index contributed by atoms with van der Waals surface area (Å²) in [6.07, 6.45) is 0. The third-order valence-electron chi connectivity index (χ3n) is 6.80. The maximum Gasteiger partial charge on any atom is 0.187 e. The van der Waals surface area contributed by atoms with Gasteiger partial charge in [0, 0.05) is 0 Å². The Morgan fingerprint density at radius 2 is 0.810 bits per heavy atom. The highest BCUT2D eigenvalue weighted by Gasteiger charge is 2.30. The lowest BCUT2D eigenvalue weighted by Crippen LogP contribution is -2.38. The number of rotatable bonds is 4. The van der Waals surface area contributed by atoms with Crippen molar-refractivity contribution >= 4 is 67.6 Å². The number of hydrogen-bond donors (Lipinski definition) is 4. The molecule has 42 heavy (non-hydrogen) atoms. The first-order valence-corrected chi connectivity index (χ1v) is 13.1. The van der Waals surface area contributed by atoms with Gasteiger partial charge in [-0.05, 0) is 48.5 Å². The molecule has 2 aromatic heterocycles. The van der Waals surface area contributed by atoms with Crippen LogP contribution in [0.5, 0.6) is 0 Å². The number of nitrogens with zero attached hydrogens (tertiary/aromatic N) is 8. The lowest BCUT2D eigenvalue weighted by atomic mass is 10.0. The number of benzene rings is 4. The van der Waals surface area contributed by atoms with Crippen LogP contribution in [0, 0.1) is 0 Å². The zero-order chi connectivity index (χ0) is 27.9. The fourth-order valence-corrected chi connectivity index (χ4v) is 4.79. The number of hydrazine groups is 2. The summed E-state index contributed by atoms with van der Waals surface area (Å²) in [5.41, 5.74) is 19.6. The number of aliphatic imine (C=N–C) groups is 2. The third kappa shape index (κ3) is 4.10.